The number of nitrogens with zero attached hydrogens (tertiary/aromatic N) is 3. The van der Waals surface area contributed by atoms with Gasteiger partial charge in [-0.3, -0.25) is 14.6 Å². The molecule has 0 fully saturated rings. The highest BCUT2D eigenvalue weighted by Gasteiger charge is 2.16. The molecule has 0 atom stereocenters. The molecule has 4 rings (SSSR count). The molecule has 3 aromatic heterocycles. The van der Waals surface area contributed by atoms with Crippen LogP contribution in [0.3, 0.4) is 0 Å². The molecule has 0 saturated carbocycles. The Morgan fingerprint density at radius 3 is 2.40 bits per heavy atom. The van der Waals surface area contributed by atoms with Crippen LogP contribution in [-0.4, -0.2) is 20.7 Å². The van der Waals surface area contributed by atoms with Gasteiger partial charge in [0.25, 0.3) is 5.56 Å². The third-order valence-corrected chi connectivity index (χ3v) is 4.97. The Labute approximate surface area is 147 Å². The van der Waals surface area contributed by atoms with Gasteiger partial charge in [0.1, 0.15) is 5.69 Å². The van der Waals surface area contributed by atoms with E-state index in [9.17, 15) is 9.59 Å². The summed E-state index contributed by atoms with van der Waals surface area (Å²) in [6, 6.07) is 16.9. The molecule has 6 heteroatoms. The summed E-state index contributed by atoms with van der Waals surface area (Å²) >= 11 is 1.53. The van der Waals surface area contributed by atoms with Crippen LogP contribution in [0.15, 0.2) is 65.6 Å². The maximum Gasteiger partial charge on any atom is 0.281 e. The number of hydrogen-bond acceptors (Lipinski definition) is 5. The molecule has 0 bridgehead atoms. The number of aromatic nitrogens is 3. The molecule has 0 amide bonds. The van der Waals surface area contributed by atoms with Gasteiger partial charge in [-0.2, -0.15) is 9.78 Å². The third kappa shape index (κ3) is 2.66. The van der Waals surface area contributed by atoms with E-state index in [1.54, 1.807) is 18.3 Å². The molecule has 0 aliphatic heterocycles. The highest BCUT2D eigenvalue weighted by atomic mass is 32.1. The van der Waals surface area contributed by atoms with Gasteiger partial charge in [0.2, 0.25) is 5.91 Å². The quantitative estimate of drug-likeness (QED) is 0.552. The van der Waals surface area contributed by atoms with Crippen LogP contribution >= 0.6 is 11.3 Å². The molecular weight excluding hydrogens is 334 g/mol. The number of fused-ring (bicyclic) bond motifs is 1. The average Bonchev–Trinajstić information content (AvgIpc) is 3.13. The van der Waals surface area contributed by atoms with Crippen LogP contribution in [0.25, 0.3) is 31.9 Å². The van der Waals surface area contributed by atoms with Crippen molar-refractivity contribution in [3.63, 3.8) is 0 Å². The first-order valence-corrected chi connectivity index (χ1v) is 8.51. The van der Waals surface area contributed by atoms with E-state index >= 15 is 0 Å². The fourth-order valence-corrected chi connectivity index (χ4v) is 3.68. The van der Waals surface area contributed by atoms with Crippen LogP contribution in [0, 0.1) is 0 Å². The zero-order chi connectivity index (χ0) is 17.4. The maximum absolute atomic E-state index is 12.5. The van der Waals surface area contributed by atoms with Gasteiger partial charge in [-0.05, 0) is 30.3 Å². The van der Waals surface area contributed by atoms with E-state index in [4.69, 9.17) is 0 Å². The highest BCUT2D eigenvalue weighted by molar-refractivity contribution is 7.18. The number of benzene rings is 1. The lowest BCUT2D eigenvalue weighted by Gasteiger charge is -2.07. The van der Waals surface area contributed by atoms with Gasteiger partial charge in [0.05, 0.1) is 20.8 Å². The molecule has 0 saturated heterocycles. The van der Waals surface area contributed by atoms with Crippen LogP contribution < -0.4 is 5.56 Å². The molecule has 0 N–H and O–H groups in total. The van der Waals surface area contributed by atoms with E-state index in [2.05, 4.69) is 10.1 Å². The molecular formula is C19H13N3O2S. The second kappa shape index (κ2) is 6.07. The van der Waals surface area contributed by atoms with Crippen molar-refractivity contribution >= 4 is 28.0 Å². The van der Waals surface area contributed by atoms with Crippen molar-refractivity contribution in [1.29, 1.82) is 0 Å². The van der Waals surface area contributed by atoms with Gasteiger partial charge < -0.3 is 0 Å². The Balaban J connectivity index is 1.96. The molecule has 0 aliphatic rings. The number of rotatable bonds is 2. The first-order chi connectivity index (χ1) is 12.1. The summed E-state index contributed by atoms with van der Waals surface area (Å²) in [6.45, 7) is 1.33. The first-order valence-electron chi connectivity index (χ1n) is 7.70. The zero-order valence-electron chi connectivity index (χ0n) is 13.3. The SMILES string of the molecule is CC(=O)n1nc(-c2ccc(-c3ccccn3)s2)c2ccccc2c1=O. The van der Waals surface area contributed by atoms with E-state index in [0.29, 0.717) is 11.1 Å². The van der Waals surface area contributed by atoms with Crippen LogP contribution in [0.5, 0.6) is 0 Å². The Morgan fingerprint density at radius 1 is 0.960 bits per heavy atom. The van der Waals surface area contributed by atoms with Crippen molar-refractivity contribution in [1.82, 2.24) is 14.8 Å². The molecule has 0 unspecified atom stereocenters. The molecule has 3 heterocycles. The molecule has 0 aliphatic carbocycles. The molecule has 122 valence electrons. The molecule has 0 radical (unpaired) electrons. The largest absolute Gasteiger partial charge is 0.281 e. The lowest BCUT2D eigenvalue weighted by molar-refractivity contribution is 0.0916. The molecule has 0 spiro atoms. The minimum absolute atomic E-state index is 0.395. The fourth-order valence-electron chi connectivity index (χ4n) is 2.70. The van der Waals surface area contributed by atoms with E-state index < -0.39 is 11.5 Å². The average molecular weight is 347 g/mol. The van der Waals surface area contributed by atoms with Gasteiger partial charge in [-0.1, -0.05) is 24.3 Å². The Hall–Kier alpha value is -3.12. The predicted molar refractivity (Wildman–Crippen MR) is 98.8 cm³/mol. The van der Waals surface area contributed by atoms with Crippen LogP contribution in [0.4, 0.5) is 0 Å². The molecule has 1 aromatic carbocycles. The first kappa shape index (κ1) is 15.4. The summed E-state index contributed by atoms with van der Waals surface area (Å²) in [5.41, 5.74) is 1.11. The molecule has 4 aromatic rings. The van der Waals surface area contributed by atoms with E-state index in [0.717, 1.165) is 25.5 Å². The summed E-state index contributed by atoms with van der Waals surface area (Å²) in [5, 5.41) is 5.54. The van der Waals surface area contributed by atoms with Crippen LogP contribution in [-0.2, 0) is 0 Å². The van der Waals surface area contributed by atoms with Gasteiger partial charge in [-0.15, -0.1) is 11.3 Å². The predicted octanol–water partition coefficient (Wildman–Crippen LogP) is 3.85. The monoisotopic (exact) mass is 347 g/mol. The van der Waals surface area contributed by atoms with Crippen LogP contribution in [0.1, 0.15) is 11.7 Å². The lowest BCUT2D eigenvalue weighted by Crippen LogP contribution is -2.27. The number of pyridine rings is 1. The maximum atomic E-state index is 12.5. The smallest absolute Gasteiger partial charge is 0.273 e. The summed E-state index contributed by atoms with van der Waals surface area (Å²) in [4.78, 5) is 30.5. The molecule has 5 nitrogen and oxygen atoms in total. The normalized spacial score (nSPS) is 10.9. The van der Waals surface area contributed by atoms with Gasteiger partial charge in [-0.25, -0.2) is 0 Å². The topological polar surface area (TPSA) is 64.8 Å². The number of thiophene rings is 1. The van der Waals surface area contributed by atoms with Gasteiger partial charge >= 0.3 is 0 Å². The Bertz CT molecular complexity index is 1150. The third-order valence-electron chi connectivity index (χ3n) is 3.86. The van der Waals surface area contributed by atoms with Crippen LogP contribution in [0.2, 0.25) is 0 Å². The number of carbonyl (C=O) groups excluding carboxylic acids is 1. The minimum atomic E-state index is -0.404. The standard InChI is InChI=1S/C19H13N3O2S/c1-12(23)22-19(24)14-7-3-2-6-13(14)18(21-22)17-10-9-16(25-17)15-8-4-5-11-20-15/h2-11H,1H3. The molecule has 25 heavy (non-hydrogen) atoms. The van der Waals surface area contributed by atoms with Crippen molar-refractivity contribution in [2.75, 3.05) is 0 Å². The lowest BCUT2D eigenvalue weighted by atomic mass is 10.1. The van der Waals surface area contributed by atoms with Crippen molar-refractivity contribution in [2.24, 2.45) is 0 Å². The van der Waals surface area contributed by atoms with Crippen molar-refractivity contribution < 1.29 is 4.79 Å². The van der Waals surface area contributed by atoms with Crippen molar-refractivity contribution in [3.8, 4) is 21.1 Å². The second-order valence-electron chi connectivity index (χ2n) is 5.51. The summed E-state index contributed by atoms with van der Waals surface area (Å²) in [7, 11) is 0. The fraction of sp³-hybridized carbons (Fsp3) is 0.0526. The zero-order valence-corrected chi connectivity index (χ0v) is 14.2. The summed E-state index contributed by atoms with van der Waals surface area (Å²) < 4.78 is 0.928. The summed E-state index contributed by atoms with van der Waals surface area (Å²) in [6.07, 6.45) is 1.75. The minimum Gasteiger partial charge on any atom is -0.273 e. The Kier molecular flexibility index (Phi) is 3.74. The second-order valence-corrected chi connectivity index (χ2v) is 6.59. The van der Waals surface area contributed by atoms with Gasteiger partial charge in [0, 0.05) is 18.5 Å². The Morgan fingerprint density at radius 2 is 1.68 bits per heavy atom. The van der Waals surface area contributed by atoms with E-state index in [1.165, 1.54) is 18.3 Å². The van der Waals surface area contributed by atoms with E-state index in [1.807, 2.05) is 42.5 Å². The number of hydrogen-bond donors (Lipinski definition) is 0. The van der Waals surface area contributed by atoms with Gasteiger partial charge in [0.15, 0.2) is 0 Å². The van der Waals surface area contributed by atoms with Crippen molar-refractivity contribution in [3.05, 3.63) is 71.1 Å². The summed E-state index contributed by atoms with van der Waals surface area (Å²) in [5.74, 6) is -0.404. The highest BCUT2D eigenvalue weighted by Crippen LogP contribution is 2.35. The van der Waals surface area contributed by atoms with E-state index in [-0.39, 0.29) is 0 Å². The number of carbonyl (C=O) groups is 1. The van der Waals surface area contributed by atoms with Crippen molar-refractivity contribution in [2.45, 2.75) is 6.92 Å².